The number of hydrogen-bond donors (Lipinski definition) is 0. The summed E-state index contributed by atoms with van der Waals surface area (Å²) in [6.07, 6.45) is 5.88. The molecular formula is C20H24N2O3. The smallest absolute Gasteiger partial charge is 0.259 e. The first-order valence-electron chi connectivity index (χ1n) is 9.10. The Kier molecular flexibility index (Phi) is 4.57. The molecule has 1 saturated heterocycles. The van der Waals surface area contributed by atoms with Crippen molar-refractivity contribution in [1.82, 2.24) is 10.1 Å². The van der Waals surface area contributed by atoms with E-state index in [0.29, 0.717) is 11.3 Å². The van der Waals surface area contributed by atoms with Gasteiger partial charge >= 0.3 is 0 Å². The molecule has 1 aliphatic heterocycles. The van der Waals surface area contributed by atoms with E-state index in [1.807, 2.05) is 23.1 Å². The summed E-state index contributed by atoms with van der Waals surface area (Å²) in [7, 11) is 0. The third-order valence-corrected chi connectivity index (χ3v) is 5.26. The van der Waals surface area contributed by atoms with Crippen molar-refractivity contribution in [2.24, 2.45) is 5.92 Å². The van der Waals surface area contributed by atoms with Gasteiger partial charge in [-0.3, -0.25) is 4.79 Å². The van der Waals surface area contributed by atoms with Crippen LogP contribution in [0.5, 0.6) is 0 Å². The molecule has 2 aromatic rings. The molecule has 2 atom stereocenters. The quantitative estimate of drug-likeness (QED) is 0.810. The molecule has 2 aliphatic rings. The summed E-state index contributed by atoms with van der Waals surface area (Å²) >= 11 is 0. The number of benzene rings is 1. The largest absolute Gasteiger partial charge is 0.376 e. The van der Waals surface area contributed by atoms with Crippen LogP contribution in [-0.4, -0.2) is 41.3 Å². The molecule has 0 unspecified atom stereocenters. The fraction of sp³-hybridized carbons (Fsp3) is 0.500. The Balaban J connectivity index is 1.53. The van der Waals surface area contributed by atoms with E-state index in [2.05, 4.69) is 17.3 Å². The third kappa shape index (κ3) is 3.61. The van der Waals surface area contributed by atoms with Crippen LogP contribution >= 0.6 is 0 Å². The summed E-state index contributed by atoms with van der Waals surface area (Å²) in [5.74, 6) is 1.30. The zero-order valence-corrected chi connectivity index (χ0v) is 14.6. The lowest BCUT2D eigenvalue weighted by atomic mass is 10.0. The number of nitrogens with zero attached hydrogens (tertiary/aromatic N) is 2. The minimum absolute atomic E-state index is 0.00259. The van der Waals surface area contributed by atoms with E-state index >= 15 is 0 Å². The molecule has 0 spiro atoms. The van der Waals surface area contributed by atoms with Gasteiger partial charge < -0.3 is 14.2 Å². The van der Waals surface area contributed by atoms with Gasteiger partial charge in [0.1, 0.15) is 11.3 Å². The highest BCUT2D eigenvalue weighted by atomic mass is 16.5. The zero-order valence-electron chi connectivity index (χ0n) is 14.6. The van der Waals surface area contributed by atoms with Crippen LogP contribution < -0.4 is 0 Å². The van der Waals surface area contributed by atoms with Gasteiger partial charge in [-0.05, 0) is 44.1 Å². The van der Waals surface area contributed by atoms with Gasteiger partial charge in [0.05, 0.1) is 18.3 Å². The number of rotatable bonds is 6. The summed E-state index contributed by atoms with van der Waals surface area (Å²) < 4.78 is 11.3. The SMILES string of the molecule is Cc1oncc1C(=O)N1CC[C@@H](OCC2CC2)[C@H]1Cc1ccccc1. The molecule has 4 rings (SSSR count). The predicted molar refractivity (Wildman–Crippen MR) is 93.3 cm³/mol. The number of aryl methyl sites for hydroxylation is 1. The molecule has 5 nitrogen and oxygen atoms in total. The van der Waals surface area contributed by atoms with Crippen LogP contribution in [0.1, 0.15) is 40.9 Å². The normalized spacial score (nSPS) is 23.2. The molecule has 0 radical (unpaired) electrons. The highest BCUT2D eigenvalue weighted by Gasteiger charge is 2.39. The summed E-state index contributed by atoms with van der Waals surface area (Å²) in [5.41, 5.74) is 1.79. The van der Waals surface area contributed by atoms with E-state index < -0.39 is 0 Å². The Morgan fingerprint density at radius 2 is 2.08 bits per heavy atom. The van der Waals surface area contributed by atoms with E-state index in [9.17, 15) is 4.79 Å². The summed E-state index contributed by atoms with van der Waals surface area (Å²) in [4.78, 5) is 14.9. The topological polar surface area (TPSA) is 55.6 Å². The number of aromatic nitrogens is 1. The van der Waals surface area contributed by atoms with Gasteiger partial charge in [-0.25, -0.2) is 0 Å². The molecule has 1 saturated carbocycles. The fourth-order valence-corrected chi connectivity index (χ4v) is 3.57. The van der Waals surface area contributed by atoms with E-state index in [0.717, 1.165) is 31.9 Å². The van der Waals surface area contributed by atoms with E-state index in [-0.39, 0.29) is 18.1 Å². The second kappa shape index (κ2) is 7.00. The number of amides is 1. The van der Waals surface area contributed by atoms with Crippen molar-refractivity contribution >= 4 is 5.91 Å². The van der Waals surface area contributed by atoms with Crippen LogP contribution in [0.4, 0.5) is 0 Å². The lowest BCUT2D eigenvalue weighted by Crippen LogP contribution is -2.42. The minimum atomic E-state index is -0.00259. The van der Waals surface area contributed by atoms with Crippen molar-refractivity contribution in [3.8, 4) is 0 Å². The van der Waals surface area contributed by atoms with E-state index in [1.54, 1.807) is 6.92 Å². The maximum absolute atomic E-state index is 13.0. The molecule has 0 bridgehead atoms. The van der Waals surface area contributed by atoms with Gasteiger partial charge in [0.15, 0.2) is 0 Å². The number of ether oxygens (including phenoxy) is 1. The van der Waals surface area contributed by atoms with Crippen molar-refractivity contribution in [3.05, 3.63) is 53.4 Å². The lowest BCUT2D eigenvalue weighted by Gasteiger charge is -2.28. The summed E-state index contributed by atoms with van der Waals surface area (Å²) in [6.45, 7) is 3.32. The van der Waals surface area contributed by atoms with E-state index in [4.69, 9.17) is 9.26 Å². The van der Waals surface area contributed by atoms with Gasteiger partial charge in [0.2, 0.25) is 0 Å². The average Bonchev–Trinajstić information content (AvgIpc) is 3.23. The monoisotopic (exact) mass is 340 g/mol. The Hall–Kier alpha value is -2.14. The Bertz CT molecular complexity index is 724. The van der Waals surface area contributed by atoms with Crippen LogP contribution in [0.2, 0.25) is 0 Å². The molecule has 0 N–H and O–H groups in total. The molecule has 25 heavy (non-hydrogen) atoms. The maximum Gasteiger partial charge on any atom is 0.259 e. The van der Waals surface area contributed by atoms with Crippen LogP contribution in [0.25, 0.3) is 0 Å². The van der Waals surface area contributed by atoms with Crippen molar-refractivity contribution in [2.75, 3.05) is 13.2 Å². The number of carbonyl (C=O) groups excluding carboxylic acids is 1. The van der Waals surface area contributed by atoms with Gasteiger partial charge in [-0.1, -0.05) is 35.5 Å². The van der Waals surface area contributed by atoms with Crippen molar-refractivity contribution in [2.45, 2.75) is 44.8 Å². The fourth-order valence-electron chi connectivity index (χ4n) is 3.57. The molecule has 1 aliphatic carbocycles. The van der Waals surface area contributed by atoms with Crippen molar-refractivity contribution in [3.63, 3.8) is 0 Å². The number of carbonyl (C=O) groups is 1. The van der Waals surface area contributed by atoms with Crippen LogP contribution in [0, 0.1) is 12.8 Å². The zero-order chi connectivity index (χ0) is 17.2. The molecule has 1 aromatic heterocycles. The van der Waals surface area contributed by atoms with E-state index in [1.165, 1.54) is 24.6 Å². The third-order valence-electron chi connectivity index (χ3n) is 5.26. The second-order valence-electron chi connectivity index (χ2n) is 7.16. The standard InChI is InChI=1S/C20H24N2O3/c1-14-17(12-21-25-14)20(23)22-10-9-19(24-13-16-7-8-16)18(22)11-15-5-3-2-4-6-15/h2-6,12,16,18-19H,7-11,13H2,1H3/t18-,19-/m1/s1. The van der Waals surface area contributed by atoms with Gasteiger partial charge in [0, 0.05) is 13.2 Å². The molecular weight excluding hydrogens is 316 g/mol. The van der Waals surface area contributed by atoms with Crippen molar-refractivity contribution < 1.29 is 14.1 Å². The Morgan fingerprint density at radius 3 is 2.76 bits per heavy atom. The molecule has 2 heterocycles. The van der Waals surface area contributed by atoms with Crippen LogP contribution in [-0.2, 0) is 11.2 Å². The lowest BCUT2D eigenvalue weighted by molar-refractivity contribution is 0.0199. The summed E-state index contributed by atoms with van der Waals surface area (Å²) in [5, 5.41) is 3.76. The average molecular weight is 340 g/mol. The first kappa shape index (κ1) is 16.3. The molecule has 132 valence electrons. The summed E-state index contributed by atoms with van der Waals surface area (Å²) in [6, 6.07) is 10.4. The first-order valence-corrected chi connectivity index (χ1v) is 9.10. The number of hydrogen-bond acceptors (Lipinski definition) is 4. The van der Waals surface area contributed by atoms with Gasteiger partial charge in [0.25, 0.3) is 5.91 Å². The molecule has 1 amide bonds. The maximum atomic E-state index is 13.0. The van der Waals surface area contributed by atoms with Crippen LogP contribution in [0.3, 0.4) is 0 Å². The molecule has 2 fully saturated rings. The molecule has 1 aromatic carbocycles. The Labute approximate surface area is 147 Å². The highest BCUT2D eigenvalue weighted by Crippen LogP contribution is 2.32. The number of likely N-dealkylation sites (tertiary alicyclic amines) is 1. The Morgan fingerprint density at radius 1 is 1.28 bits per heavy atom. The minimum Gasteiger partial charge on any atom is -0.376 e. The highest BCUT2D eigenvalue weighted by molar-refractivity contribution is 5.95. The van der Waals surface area contributed by atoms with Crippen LogP contribution in [0.15, 0.2) is 41.1 Å². The van der Waals surface area contributed by atoms with Crippen molar-refractivity contribution in [1.29, 1.82) is 0 Å². The first-order chi connectivity index (χ1) is 12.2. The van der Waals surface area contributed by atoms with Gasteiger partial charge in [-0.2, -0.15) is 0 Å². The molecule has 5 heteroatoms. The van der Waals surface area contributed by atoms with Gasteiger partial charge in [-0.15, -0.1) is 0 Å². The second-order valence-corrected chi connectivity index (χ2v) is 7.16. The predicted octanol–water partition coefficient (Wildman–Crippen LogP) is 3.24.